The summed E-state index contributed by atoms with van der Waals surface area (Å²) in [5.41, 5.74) is 7.76. The molecule has 0 atom stereocenters. The zero-order chi connectivity index (χ0) is 23.2. The molecular formula is C26H34N4O2. The van der Waals surface area contributed by atoms with Gasteiger partial charge in [-0.15, -0.1) is 0 Å². The lowest BCUT2D eigenvalue weighted by Gasteiger charge is -2.20. The first kappa shape index (κ1) is 24.9. The zero-order valence-corrected chi connectivity index (χ0v) is 18.9. The SMILES string of the molecule is CC(C)(C(=O)O)c1cccc(CCNCCCNc2cccnc2N)c1.c1ccccc1. The summed E-state index contributed by atoms with van der Waals surface area (Å²) in [6, 6.07) is 23.6. The van der Waals surface area contributed by atoms with E-state index in [0.29, 0.717) is 5.82 Å². The van der Waals surface area contributed by atoms with Gasteiger partial charge in [-0.25, -0.2) is 4.98 Å². The van der Waals surface area contributed by atoms with Crippen molar-refractivity contribution < 1.29 is 9.90 Å². The molecule has 0 radical (unpaired) electrons. The van der Waals surface area contributed by atoms with E-state index >= 15 is 0 Å². The molecule has 1 heterocycles. The number of anilines is 2. The standard InChI is InChI=1S/C20H28N4O2.C6H6/c1-20(2,19(25)26)16-7-3-6-15(14-16)9-13-22-10-5-12-23-17-8-4-11-24-18(17)21;1-2-4-6-5-3-1/h3-4,6-8,11,14,22-23H,5,9-10,12-13H2,1-2H3,(H2,21,24)(H,25,26);1-6H. The number of hydrogen-bond donors (Lipinski definition) is 4. The summed E-state index contributed by atoms with van der Waals surface area (Å²) in [6.07, 6.45) is 3.52. The summed E-state index contributed by atoms with van der Waals surface area (Å²) in [6.45, 7) is 6.04. The highest BCUT2D eigenvalue weighted by Crippen LogP contribution is 2.24. The molecule has 170 valence electrons. The molecule has 0 saturated carbocycles. The molecule has 0 unspecified atom stereocenters. The summed E-state index contributed by atoms with van der Waals surface area (Å²) in [5.74, 6) is -0.292. The molecule has 5 N–H and O–H groups in total. The molecule has 0 amide bonds. The topological polar surface area (TPSA) is 100 Å². The smallest absolute Gasteiger partial charge is 0.313 e. The van der Waals surface area contributed by atoms with Crippen LogP contribution in [0.5, 0.6) is 0 Å². The van der Waals surface area contributed by atoms with Gasteiger partial charge in [-0.1, -0.05) is 60.7 Å². The van der Waals surface area contributed by atoms with Crippen molar-refractivity contribution in [2.75, 3.05) is 30.7 Å². The highest BCUT2D eigenvalue weighted by molar-refractivity contribution is 5.80. The minimum absolute atomic E-state index is 0.518. The van der Waals surface area contributed by atoms with Crippen molar-refractivity contribution in [2.24, 2.45) is 0 Å². The monoisotopic (exact) mass is 434 g/mol. The van der Waals surface area contributed by atoms with Crippen LogP contribution in [-0.4, -0.2) is 35.7 Å². The third kappa shape index (κ3) is 8.40. The van der Waals surface area contributed by atoms with E-state index in [1.54, 1.807) is 20.0 Å². The van der Waals surface area contributed by atoms with Gasteiger partial charge in [0.15, 0.2) is 0 Å². The molecule has 6 nitrogen and oxygen atoms in total. The Morgan fingerprint density at radius 2 is 1.66 bits per heavy atom. The maximum absolute atomic E-state index is 11.4. The van der Waals surface area contributed by atoms with Crippen LogP contribution in [0.15, 0.2) is 79.0 Å². The number of aromatic nitrogens is 1. The second kappa shape index (κ2) is 13.1. The quantitative estimate of drug-likeness (QED) is 0.354. The molecule has 0 saturated heterocycles. The van der Waals surface area contributed by atoms with E-state index in [1.165, 1.54) is 0 Å². The normalized spacial score (nSPS) is 10.7. The molecule has 1 aromatic heterocycles. The fourth-order valence-corrected chi connectivity index (χ4v) is 2.99. The van der Waals surface area contributed by atoms with Crippen molar-refractivity contribution in [3.8, 4) is 0 Å². The number of carboxylic acid groups (broad SMARTS) is 1. The van der Waals surface area contributed by atoms with Crippen LogP contribution in [0, 0.1) is 0 Å². The second-order valence-electron chi connectivity index (χ2n) is 8.00. The minimum Gasteiger partial charge on any atom is -0.481 e. The van der Waals surface area contributed by atoms with Crippen molar-refractivity contribution in [3.05, 3.63) is 90.1 Å². The van der Waals surface area contributed by atoms with Gasteiger partial charge in [0, 0.05) is 12.7 Å². The van der Waals surface area contributed by atoms with Gasteiger partial charge in [0.2, 0.25) is 0 Å². The molecule has 6 heteroatoms. The van der Waals surface area contributed by atoms with Gasteiger partial charge in [-0.05, 0) is 63.0 Å². The average Bonchev–Trinajstić information content (AvgIpc) is 2.81. The maximum Gasteiger partial charge on any atom is 0.313 e. The number of rotatable bonds is 10. The summed E-state index contributed by atoms with van der Waals surface area (Å²) >= 11 is 0. The summed E-state index contributed by atoms with van der Waals surface area (Å²) in [7, 11) is 0. The molecule has 3 rings (SSSR count). The highest BCUT2D eigenvalue weighted by atomic mass is 16.4. The van der Waals surface area contributed by atoms with Gasteiger partial charge in [0.05, 0.1) is 11.1 Å². The molecule has 0 fully saturated rings. The predicted molar refractivity (Wildman–Crippen MR) is 132 cm³/mol. The van der Waals surface area contributed by atoms with Crippen LogP contribution in [0.1, 0.15) is 31.4 Å². The predicted octanol–water partition coefficient (Wildman–Crippen LogP) is 4.35. The summed E-state index contributed by atoms with van der Waals surface area (Å²) in [4.78, 5) is 15.4. The van der Waals surface area contributed by atoms with Crippen LogP contribution >= 0.6 is 0 Å². The number of nitrogens with zero attached hydrogens (tertiary/aromatic N) is 1. The van der Waals surface area contributed by atoms with Crippen LogP contribution in [0.3, 0.4) is 0 Å². The second-order valence-corrected chi connectivity index (χ2v) is 8.00. The van der Waals surface area contributed by atoms with Crippen molar-refractivity contribution >= 4 is 17.5 Å². The first-order valence-corrected chi connectivity index (χ1v) is 10.9. The lowest BCUT2D eigenvalue weighted by molar-refractivity contribution is -0.142. The largest absolute Gasteiger partial charge is 0.481 e. The lowest BCUT2D eigenvalue weighted by Crippen LogP contribution is -2.28. The van der Waals surface area contributed by atoms with E-state index in [0.717, 1.165) is 49.3 Å². The molecular weight excluding hydrogens is 400 g/mol. The van der Waals surface area contributed by atoms with Crippen LogP contribution in [0.4, 0.5) is 11.5 Å². The number of hydrogen-bond acceptors (Lipinski definition) is 5. The zero-order valence-electron chi connectivity index (χ0n) is 18.9. The molecule has 2 aromatic carbocycles. The Labute approximate surface area is 190 Å². The number of carbonyl (C=O) groups is 1. The van der Waals surface area contributed by atoms with E-state index < -0.39 is 11.4 Å². The van der Waals surface area contributed by atoms with Gasteiger partial charge in [0.1, 0.15) is 5.82 Å². The number of carboxylic acids is 1. The third-order valence-corrected chi connectivity index (χ3v) is 5.12. The van der Waals surface area contributed by atoms with Crippen LogP contribution in [0.2, 0.25) is 0 Å². The number of benzene rings is 2. The molecule has 0 spiro atoms. The van der Waals surface area contributed by atoms with Crippen molar-refractivity contribution in [1.82, 2.24) is 10.3 Å². The van der Waals surface area contributed by atoms with Crippen LogP contribution in [0.25, 0.3) is 0 Å². The van der Waals surface area contributed by atoms with Gasteiger partial charge < -0.3 is 21.5 Å². The van der Waals surface area contributed by atoms with Gasteiger partial charge in [-0.3, -0.25) is 4.79 Å². The molecule has 3 aromatic rings. The number of nitrogens with two attached hydrogens (primary N) is 1. The fourth-order valence-electron chi connectivity index (χ4n) is 2.99. The van der Waals surface area contributed by atoms with Crippen molar-refractivity contribution in [1.29, 1.82) is 0 Å². The van der Waals surface area contributed by atoms with Gasteiger partial charge in [-0.2, -0.15) is 0 Å². The van der Waals surface area contributed by atoms with E-state index in [1.807, 2.05) is 72.8 Å². The van der Waals surface area contributed by atoms with E-state index in [2.05, 4.69) is 15.6 Å². The first-order chi connectivity index (χ1) is 15.4. The third-order valence-electron chi connectivity index (χ3n) is 5.12. The highest BCUT2D eigenvalue weighted by Gasteiger charge is 2.29. The number of pyridine rings is 1. The molecule has 32 heavy (non-hydrogen) atoms. The molecule has 0 aliphatic heterocycles. The Morgan fingerprint density at radius 3 is 2.28 bits per heavy atom. The Hall–Kier alpha value is -3.38. The van der Waals surface area contributed by atoms with Crippen LogP contribution < -0.4 is 16.4 Å². The number of aliphatic carboxylic acids is 1. The number of nitrogens with one attached hydrogen (secondary N) is 2. The first-order valence-electron chi connectivity index (χ1n) is 10.9. The Kier molecular flexibility index (Phi) is 10.2. The Morgan fingerprint density at radius 1 is 0.969 bits per heavy atom. The van der Waals surface area contributed by atoms with Crippen molar-refractivity contribution in [2.45, 2.75) is 32.1 Å². The number of nitrogen functional groups attached to an aromatic ring is 1. The molecule has 0 aliphatic rings. The lowest BCUT2D eigenvalue weighted by atomic mass is 9.84. The fraction of sp³-hybridized carbons (Fsp3) is 0.308. The van der Waals surface area contributed by atoms with E-state index in [4.69, 9.17) is 5.73 Å². The maximum atomic E-state index is 11.4. The Balaban J connectivity index is 0.000000520. The Bertz CT molecular complexity index is 919. The molecule has 0 bridgehead atoms. The van der Waals surface area contributed by atoms with E-state index in [9.17, 15) is 9.90 Å². The summed E-state index contributed by atoms with van der Waals surface area (Å²) < 4.78 is 0. The van der Waals surface area contributed by atoms with Crippen LogP contribution in [-0.2, 0) is 16.6 Å². The van der Waals surface area contributed by atoms with Gasteiger partial charge >= 0.3 is 5.97 Å². The average molecular weight is 435 g/mol. The van der Waals surface area contributed by atoms with Crippen molar-refractivity contribution in [3.63, 3.8) is 0 Å². The summed E-state index contributed by atoms with van der Waals surface area (Å²) in [5, 5.41) is 16.0. The van der Waals surface area contributed by atoms with E-state index in [-0.39, 0.29) is 0 Å². The minimum atomic E-state index is -0.872. The molecule has 0 aliphatic carbocycles. The van der Waals surface area contributed by atoms with Gasteiger partial charge in [0.25, 0.3) is 0 Å².